The van der Waals surface area contributed by atoms with E-state index in [-0.39, 0.29) is 40.5 Å². The number of esters is 1. The zero-order valence-electron chi connectivity index (χ0n) is 21.6. The molecule has 0 aliphatic heterocycles. The summed E-state index contributed by atoms with van der Waals surface area (Å²) in [7, 11) is 0. The van der Waals surface area contributed by atoms with Gasteiger partial charge in [-0.25, -0.2) is 9.78 Å². The molecule has 1 amide bonds. The number of nitrogens with zero attached hydrogens (tertiary/aromatic N) is 4. The van der Waals surface area contributed by atoms with E-state index < -0.39 is 11.9 Å². The Hall–Kier alpha value is -3.50. The van der Waals surface area contributed by atoms with Crippen molar-refractivity contribution in [1.82, 2.24) is 14.0 Å². The number of allylic oxidation sites excluding steroid dienone is 2. The summed E-state index contributed by atoms with van der Waals surface area (Å²) in [6.45, 7) is 11.9. The molecule has 0 aromatic carbocycles. The van der Waals surface area contributed by atoms with E-state index in [4.69, 9.17) is 14.5 Å². The summed E-state index contributed by atoms with van der Waals surface area (Å²) in [5.74, 6) is -1.05. The lowest BCUT2D eigenvalue weighted by molar-refractivity contribution is -0.115. The van der Waals surface area contributed by atoms with Crippen molar-refractivity contribution in [3.8, 4) is 0 Å². The molecular weight excluding hydrogens is 492 g/mol. The maximum absolute atomic E-state index is 13.5. The number of rotatable bonds is 11. The summed E-state index contributed by atoms with van der Waals surface area (Å²) in [5, 5.41) is 1.97. The first-order valence-electron chi connectivity index (χ1n) is 12.1. The van der Waals surface area contributed by atoms with Gasteiger partial charge in [0.25, 0.3) is 11.5 Å². The topological polar surface area (TPSA) is 104 Å². The first-order chi connectivity index (χ1) is 17.8. The smallest absolute Gasteiger partial charge is 0.341 e. The summed E-state index contributed by atoms with van der Waals surface area (Å²) >= 11 is 1.26. The maximum Gasteiger partial charge on any atom is 0.341 e. The van der Waals surface area contributed by atoms with Gasteiger partial charge in [0.2, 0.25) is 0 Å². The largest absolute Gasteiger partial charge is 0.462 e. The van der Waals surface area contributed by atoms with E-state index in [0.29, 0.717) is 30.9 Å². The molecule has 10 heteroatoms. The van der Waals surface area contributed by atoms with Crippen LogP contribution in [0.15, 0.2) is 58.3 Å². The van der Waals surface area contributed by atoms with Crippen LogP contribution in [0.2, 0.25) is 0 Å². The number of aryl methyl sites for hydroxylation is 2. The molecule has 0 saturated heterocycles. The number of ether oxygens (including phenoxy) is 2. The highest BCUT2D eigenvalue weighted by Crippen LogP contribution is 2.14. The van der Waals surface area contributed by atoms with Crippen LogP contribution < -0.4 is 11.0 Å². The molecule has 0 unspecified atom stereocenters. The SMILES string of the molecule is C=C/C=C\SCC(=O)N=c1c(C(=O)OCC)cc2c(=O)n3cccc(C)c3nc2n1CCCOC(C)C. The molecule has 0 aliphatic rings. The zero-order chi connectivity index (χ0) is 26.9. The Balaban J connectivity index is 2.32. The lowest BCUT2D eigenvalue weighted by Gasteiger charge is -2.16. The van der Waals surface area contributed by atoms with Crippen LogP contribution in [-0.2, 0) is 20.8 Å². The second-order valence-corrected chi connectivity index (χ2v) is 9.34. The lowest BCUT2D eigenvalue weighted by atomic mass is 10.2. The van der Waals surface area contributed by atoms with Crippen molar-refractivity contribution in [3.05, 3.63) is 75.5 Å². The molecule has 0 spiro atoms. The van der Waals surface area contributed by atoms with Crippen molar-refractivity contribution in [1.29, 1.82) is 0 Å². The van der Waals surface area contributed by atoms with Crippen molar-refractivity contribution < 1.29 is 19.1 Å². The molecule has 0 N–H and O–H groups in total. The highest BCUT2D eigenvalue weighted by molar-refractivity contribution is 8.02. The minimum atomic E-state index is -0.670. The first-order valence-corrected chi connectivity index (χ1v) is 13.1. The van der Waals surface area contributed by atoms with Gasteiger partial charge in [0.05, 0.1) is 23.8 Å². The Labute approximate surface area is 219 Å². The van der Waals surface area contributed by atoms with E-state index in [2.05, 4.69) is 11.6 Å². The molecule has 3 rings (SSSR count). The number of hydrogen-bond acceptors (Lipinski definition) is 7. The van der Waals surface area contributed by atoms with Crippen molar-refractivity contribution in [3.63, 3.8) is 0 Å². The molecule has 37 heavy (non-hydrogen) atoms. The molecule has 0 saturated carbocycles. The molecule has 0 aliphatic carbocycles. The quantitative estimate of drug-likeness (QED) is 0.163. The number of carbonyl (C=O) groups excluding carboxylic acids is 2. The van der Waals surface area contributed by atoms with Crippen molar-refractivity contribution in [2.24, 2.45) is 4.99 Å². The van der Waals surface area contributed by atoms with Crippen molar-refractivity contribution >= 4 is 40.3 Å². The summed E-state index contributed by atoms with van der Waals surface area (Å²) < 4.78 is 14.1. The third kappa shape index (κ3) is 6.84. The van der Waals surface area contributed by atoms with Gasteiger partial charge in [-0.3, -0.25) is 14.0 Å². The van der Waals surface area contributed by atoms with Gasteiger partial charge in [-0.2, -0.15) is 4.99 Å². The number of fused-ring (bicyclic) bond motifs is 2. The molecule has 3 aromatic rings. The molecule has 0 bridgehead atoms. The normalized spacial score (nSPS) is 12.2. The fourth-order valence-corrected chi connectivity index (χ4v) is 4.23. The van der Waals surface area contributed by atoms with Gasteiger partial charge >= 0.3 is 5.97 Å². The summed E-state index contributed by atoms with van der Waals surface area (Å²) in [5.41, 5.74) is 1.44. The number of carbonyl (C=O) groups is 2. The van der Waals surface area contributed by atoms with Gasteiger partial charge in [-0.15, -0.1) is 11.8 Å². The highest BCUT2D eigenvalue weighted by Gasteiger charge is 2.20. The number of hydrogen-bond donors (Lipinski definition) is 0. The highest BCUT2D eigenvalue weighted by atomic mass is 32.2. The van der Waals surface area contributed by atoms with Crippen LogP contribution in [0.3, 0.4) is 0 Å². The van der Waals surface area contributed by atoms with E-state index >= 15 is 0 Å². The van der Waals surface area contributed by atoms with Crippen LogP contribution in [0.4, 0.5) is 0 Å². The summed E-state index contributed by atoms with van der Waals surface area (Å²) in [6, 6.07) is 5.06. The summed E-state index contributed by atoms with van der Waals surface area (Å²) in [6.07, 6.45) is 5.57. The van der Waals surface area contributed by atoms with Crippen LogP contribution in [0.25, 0.3) is 16.7 Å². The first kappa shape index (κ1) is 28.1. The standard InChI is InChI=1S/C27H32N4O5S/c1-6-8-15-37-17-22(32)28-25-21(27(34)35-7-2)16-20-24(30(25)13-10-14-36-18(3)4)29-23-19(5)11-9-12-31(23)26(20)33/h6,8-9,11-12,15-16,18H,1,7,10,13-14,17H2,2-5H3/b15-8-,28-25?. The number of thioether (sulfide) groups is 1. The predicted molar refractivity (Wildman–Crippen MR) is 146 cm³/mol. The Morgan fingerprint density at radius 1 is 1.30 bits per heavy atom. The van der Waals surface area contributed by atoms with E-state index in [9.17, 15) is 14.4 Å². The number of amides is 1. The molecule has 9 nitrogen and oxygen atoms in total. The second kappa shape index (κ2) is 13.2. The van der Waals surface area contributed by atoms with Gasteiger partial charge in [0.15, 0.2) is 5.49 Å². The van der Waals surface area contributed by atoms with Gasteiger partial charge < -0.3 is 14.0 Å². The Bertz CT molecular complexity index is 1470. The summed E-state index contributed by atoms with van der Waals surface area (Å²) in [4.78, 5) is 48.4. The van der Waals surface area contributed by atoms with E-state index in [1.165, 1.54) is 22.2 Å². The Morgan fingerprint density at radius 2 is 2.08 bits per heavy atom. The van der Waals surface area contributed by atoms with Crippen LogP contribution in [0, 0.1) is 6.92 Å². The number of pyridine rings is 2. The zero-order valence-corrected chi connectivity index (χ0v) is 22.4. The van der Waals surface area contributed by atoms with Crippen LogP contribution in [0.5, 0.6) is 0 Å². The van der Waals surface area contributed by atoms with Gasteiger partial charge in [0.1, 0.15) is 16.9 Å². The van der Waals surface area contributed by atoms with Gasteiger partial charge in [-0.05, 0) is 57.2 Å². The Kier molecular flexibility index (Phi) is 9.99. The molecule has 3 heterocycles. The second-order valence-electron chi connectivity index (χ2n) is 8.45. The molecule has 0 radical (unpaired) electrons. The van der Waals surface area contributed by atoms with Crippen LogP contribution in [-0.4, -0.2) is 50.9 Å². The molecule has 0 fully saturated rings. The van der Waals surface area contributed by atoms with E-state index in [1.807, 2.05) is 26.8 Å². The molecule has 196 valence electrons. The van der Waals surface area contributed by atoms with Crippen LogP contribution >= 0.6 is 11.8 Å². The lowest BCUT2D eigenvalue weighted by Crippen LogP contribution is -2.33. The van der Waals surface area contributed by atoms with Gasteiger partial charge in [-0.1, -0.05) is 24.8 Å². The predicted octanol–water partition coefficient (Wildman–Crippen LogP) is 3.81. The minimum absolute atomic E-state index is 0.0330. The third-order valence-electron chi connectivity index (χ3n) is 5.33. The third-order valence-corrected chi connectivity index (χ3v) is 6.09. The fourth-order valence-electron chi connectivity index (χ4n) is 3.70. The minimum Gasteiger partial charge on any atom is -0.462 e. The molecule has 0 atom stereocenters. The van der Waals surface area contributed by atoms with Crippen molar-refractivity contribution in [2.45, 2.75) is 46.8 Å². The molecular formula is C27H32N4O5S. The average Bonchev–Trinajstić information content (AvgIpc) is 2.86. The van der Waals surface area contributed by atoms with Gasteiger partial charge in [0, 0.05) is 19.3 Å². The number of aromatic nitrogens is 3. The van der Waals surface area contributed by atoms with Crippen molar-refractivity contribution in [2.75, 3.05) is 19.0 Å². The molecule has 3 aromatic heterocycles. The van der Waals surface area contributed by atoms with E-state index in [0.717, 1.165) is 5.56 Å². The monoisotopic (exact) mass is 524 g/mol. The average molecular weight is 525 g/mol. The van der Waals surface area contributed by atoms with Crippen LogP contribution in [0.1, 0.15) is 43.1 Å². The van der Waals surface area contributed by atoms with E-state index in [1.54, 1.807) is 41.3 Å². The fraction of sp³-hybridized carbons (Fsp3) is 0.370. The Morgan fingerprint density at radius 3 is 2.78 bits per heavy atom. The maximum atomic E-state index is 13.5.